The number of ketones is 2. The average molecular weight is 1070 g/mol. The van der Waals surface area contributed by atoms with Crippen molar-refractivity contribution in [2.45, 2.75) is 98.6 Å². The number of carboxylic acid groups (broad SMARTS) is 3. The van der Waals surface area contributed by atoms with Crippen LogP contribution in [-0.4, -0.2) is 325 Å². The van der Waals surface area contributed by atoms with Crippen molar-refractivity contribution in [2.75, 3.05) is 92.1 Å². The van der Waals surface area contributed by atoms with E-state index in [4.69, 9.17) is 14.7 Å². The molecule has 0 aliphatic carbocycles. The van der Waals surface area contributed by atoms with Crippen LogP contribution in [0.25, 0.3) is 0 Å². The summed E-state index contributed by atoms with van der Waals surface area (Å²) in [5, 5.41) is 181. The molecule has 73 heavy (non-hydrogen) atoms. The molecule has 0 saturated carbocycles. The molecule has 21 N–H and O–H groups in total. The van der Waals surface area contributed by atoms with E-state index in [9.17, 15) is 121 Å². The fourth-order valence-electron chi connectivity index (χ4n) is 8.21. The molecule has 424 valence electrons. The second kappa shape index (κ2) is 33.7. The van der Waals surface area contributed by atoms with Crippen LogP contribution in [0, 0.1) is 11.3 Å². The Hall–Kier alpha value is -4.19. The summed E-state index contributed by atoms with van der Waals surface area (Å²) < 4.78 is 4.86. The molecule has 1 heterocycles. The van der Waals surface area contributed by atoms with Gasteiger partial charge in [-0.25, -0.2) is 10.4 Å². The SMILES string of the molecule is O=COCN(CC(=O)O)C1C(CCN(C=O)CC(CNOCC(O)C(O)C(O)C(O)CO)(CC(NO)C(=O)C(O)C(O)C(O)CO)CC(NO)C(=O)C(O)C(O)C(O)CO)CN(CC(=O)O)CCN1CC(=O)O. The van der Waals surface area contributed by atoms with E-state index >= 15 is 0 Å². The van der Waals surface area contributed by atoms with Gasteiger partial charge in [0.05, 0.1) is 57.8 Å². The van der Waals surface area contributed by atoms with Gasteiger partial charge in [-0.05, 0) is 19.3 Å². The first kappa shape index (κ1) is 66.8. The van der Waals surface area contributed by atoms with Crippen molar-refractivity contribution in [1.29, 1.82) is 0 Å². The van der Waals surface area contributed by atoms with Gasteiger partial charge in [0.1, 0.15) is 74.3 Å². The van der Waals surface area contributed by atoms with Gasteiger partial charge in [-0.2, -0.15) is 11.0 Å². The molecular weight excluding hydrogens is 998 g/mol. The average Bonchev–Trinajstić information content (AvgIpc) is 3.52. The molecule has 14 unspecified atom stereocenters. The van der Waals surface area contributed by atoms with E-state index in [1.807, 2.05) is 0 Å². The fourth-order valence-corrected chi connectivity index (χ4v) is 8.21. The molecule has 0 radical (unpaired) electrons. The first-order chi connectivity index (χ1) is 34.3. The highest BCUT2D eigenvalue weighted by molar-refractivity contribution is 5.89. The predicted molar refractivity (Wildman–Crippen MR) is 234 cm³/mol. The molecule has 1 fully saturated rings. The smallest absolute Gasteiger partial charge is 0.317 e. The third-order valence-corrected chi connectivity index (χ3v) is 12.0. The third kappa shape index (κ3) is 21.5. The normalized spacial score (nSPS) is 21.6. The Morgan fingerprint density at radius 1 is 0.685 bits per heavy atom. The second-order valence-electron chi connectivity index (χ2n) is 17.4. The lowest BCUT2D eigenvalue weighted by Crippen LogP contribution is -2.58. The first-order valence-electron chi connectivity index (χ1n) is 22.3. The minimum atomic E-state index is -2.63. The molecule has 0 aromatic rings. The standard InChI is InChI=1S/C39H71N7O27/c47-11-23(52)32(64)35(67)26(55)14-73-40-15-39(5-21(41-70)30(62)36(68)33(65)24(53)12-48,6-22(42-71)31(63)37(69)34(66)25(54)13-49)16-44(17-50)2-1-20-7-43(8-27(56)57)3-4-45(9-28(58)59)38(20)46(10-29(60)61)18-72-19-51/h17,19-26,32-38,40-42,47-49,52-55,64-71H,1-16,18H2,(H,56,57)(H,58,59)(H,60,61). The topological polar surface area (TPSA) is 551 Å². The van der Waals surface area contributed by atoms with Crippen molar-refractivity contribution in [3.63, 3.8) is 0 Å². The van der Waals surface area contributed by atoms with E-state index in [1.54, 1.807) is 11.0 Å². The van der Waals surface area contributed by atoms with E-state index in [2.05, 4.69) is 5.48 Å². The van der Waals surface area contributed by atoms with Crippen LogP contribution in [0.5, 0.6) is 0 Å². The van der Waals surface area contributed by atoms with Crippen molar-refractivity contribution in [3.05, 3.63) is 0 Å². The molecule has 0 aromatic heterocycles. The first-order valence-corrected chi connectivity index (χ1v) is 22.3. The van der Waals surface area contributed by atoms with Gasteiger partial charge in [-0.3, -0.25) is 48.2 Å². The molecule has 1 rings (SSSR count). The molecule has 0 aromatic carbocycles. The summed E-state index contributed by atoms with van der Waals surface area (Å²) in [6.07, 6.45) is -26.4. The van der Waals surface area contributed by atoms with Crippen LogP contribution >= 0.6 is 0 Å². The van der Waals surface area contributed by atoms with Gasteiger partial charge in [0, 0.05) is 50.6 Å². The quantitative estimate of drug-likeness (QED) is 0.0117. The van der Waals surface area contributed by atoms with Crippen LogP contribution in [0.3, 0.4) is 0 Å². The van der Waals surface area contributed by atoms with Crippen LogP contribution in [0.2, 0.25) is 0 Å². The van der Waals surface area contributed by atoms with E-state index in [1.165, 1.54) is 9.80 Å². The largest absolute Gasteiger partial charge is 0.480 e. The number of rotatable bonds is 41. The fraction of sp³-hybridized carbons (Fsp3) is 0.821. The molecular formula is C39H71N7O27. The number of carbonyl (C=O) groups excluding carboxylic acids is 4. The number of Topliss-reactive ketones (excluding diaryl/α,β-unsaturated/α-hetero) is 2. The lowest BCUT2D eigenvalue weighted by molar-refractivity contribution is -0.152. The van der Waals surface area contributed by atoms with Crippen molar-refractivity contribution < 1.29 is 135 Å². The summed E-state index contributed by atoms with van der Waals surface area (Å²) in [7, 11) is 0. The number of ether oxygens (including phenoxy) is 1. The molecule has 34 heteroatoms. The maximum atomic E-state index is 13.7. The molecule has 1 amide bonds. The highest BCUT2D eigenvalue weighted by Gasteiger charge is 2.46. The number of amides is 1. The summed E-state index contributed by atoms with van der Waals surface area (Å²) >= 11 is 0. The van der Waals surface area contributed by atoms with Crippen LogP contribution < -0.4 is 16.4 Å². The Morgan fingerprint density at radius 2 is 1.18 bits per heavy atom. The molecule has 1 saturated heterocycles. The lowest BCUT2D eigenvalue weighted by atomic mass is 9.73. The number of nitrogens with one attached hydrogen (secondary N) is 3. The summed E-state index contributed by atoms with van der Waals surface area (Å²) in [5.74, 6) is -8.44. The Labute approximate surface area is 415 Å². The van der Waals surface area contributed by atoms with Gasteiger partial charge < -0.3 is 102 Å². The Kier molecular flexibility index (Phi) is 30.8. The van der Waals surface area contributed by atoms with Crippen molar-refractivity contribution in [2.24, 2.45) is 11.3 Å². The predicted octanol–water partition coefficient (Wildman–Crippen LogP) is -12.2. The second-order valence-corrected chi connectivity index (χ2v) is 17.4. The number of hydroxylamine groups is 3. The highest BCUT2D eigenvalue weighted by Crippen LogP contribution is 2.34. The van der Waals surface area contributed by atoms with Gasteiger partial charge >= 0.3 is 17.9 Å². The molecule has 14 atom stereocenters. The van der Waals surface area contributed by atoms with Crippen LogP contribution in [0.1, 0.15) is 19.3 Å². The molecule has 0 bridgehead atoms. The summed E-state index contributed by atoms with van der Waals surface area (Å²) in [4.78, 5) is 97.9. The van der Waals surface area contributed by atoms with Crippen molar-refractivity contribution >= 4 is 42.4 Å². The monoisotopic (exact) mass is 1070 g/mol. The Morgan fingerprint density at radius 3 is 1.62 bits per heavy atom. The van der Waals surface area contributed by atoms with Crippen LogP contribution in [-0.2, 0) is 43.1 Å². The summed E-state index contributed by atoms with van der Waals surface area (Å²) in [5.41, 5.74) is 3.19. The third-order valence-electron chi connectivity index (χ3n) is 12.0. The molecule has 1 aliphatic rings. The molecule has 0 spiro atoms. The van der Waals surface area contributed by atoms with Gasteiger partial charge in [0.15, 0.2) is 11.6 Å². The highest BCUT2D eigenvalue weighted by atomic mass is 16.7. The van der Waals surface area contributed by atoms with E-state index in [-0.39, 0.29) is 38.9 Å². The number of nitrogens with zero attached hydrogens (tertiary/aromatic N) is 4. The van der Waals surface area contributed by atoms with Gasteiger partial charge in [-0.1, -0.05) is 0 Å². The summed E-state index contributed by atoms with van der Waals surface area (Å²) in [6, 6.07) is -4.37. The number of aliphatic carboxylic acids is 3. The number of carboxylic acids is 3. The van der Waals surface area contributed by atoms with E-state index < -0.39 is 205 Å². The van der Waals surface area contributed by atoms with Crippen LogP contribution in [0.15, 0.2) is 0 Å². The van der Waals surface area contributed by atoms with Gasteiger partial charge in [-0.15, -0.1) is 0 Å². The van der Waals surface area contributed by atoms with Crippen molar-refractivity contribution in [1.82, 2.24) is 36.0 Å². The molecule has 34 nitrogen and oxygen atoms in total. The zero-order valence-corrected chi connectivity index (χ0v) is 39.3. The Balaban J connectivity index is 4.16. The number of hydrogen-bond donors (Lipinski definition) is 21. The number of hydrogen-bond acceptors (Lipinski definition) is 30. The van der Waals surface area contributed by atoms with Gasteiger partial charge in [0.2, 0.25) is 6.41 Å². The maximum absolute atomic E-state index is 13.7. The minimum Gasteiger partial charge on any atom is -0.480 e. The number of aliphatic hydroxyl groups excluding tert-OH is 13. The number of aliphatic hydroxyl groups is 13. The zero-order valence-electron chi connectivity index (χ0n) is 39.3. The van der Waals surface area contributed by atoms with Crippen LogP contribution in [0.4, 0.5) is 0 Å². The lowest BCUT2D eigenvalue weighted by Gasteiger charge is -2.43. The van der Waals surface area contributed by atoms with Gasteiger partial charge in [0.25, 0.3) is 6.47 Å². The minimum absolute atomic E-state index is 0.0281. The van der Waals surface area contributed by atoms with Crippen molar-refractivity contribution in [3.8, 4) is 0 Å². The zero-order chi connectivity index (χ0) is 55.7. The number of carbonyl (C=O) groups is 7. The van der Waals surface area contributed by atoms with E-state index in [0.717, 1.165) is 9.80 Å². The molecule has 1 aliphatic heterocycles. The Bertz CT molecular complexity index is 1650. The maximum Gasteiger partial charge on any atom is 0.317 e. The van der Waals surface area contributed by atoms with E-state index in [0.29, 0.717) is 0 Å². The summed E-state index contributed by atoms with van der Waals surface area (Å²) in [6.45, 7) is -10.4.